The first kappa shape index (κ1) is 15.4. The van der Waals surface area contributed by atoms with Crippen LogP contribution in [0.5, 0.6) is 0 Å². The Balaban J connectivity index is 1.65. The molecule has 118 valence electrons. The van der Waals surface area contributed by atoms with Gasteiger partial charge >= 0.3 is 0 Å². The highest BCUT2D eigenvalue weighted by Crippen LogP contribution is 2.16. The molecule has 0 fully saturated rings. The summed E-state index contributed by atoms with van der Waals surface area (Å²) in [7, 11) is 0. The fourth-order valence-electron chi connectivity index (χ4n) is 2.13. The molecule has 1 unspecified atom stereocenters. The van der Waals surface area contributed by atoms with E-state index in [1.807, 2.05) is 44.2 Å². The first-order valence-corrected chi connectivity index (χ1v) is 8.09. The summed E-state index contributed by atoms with van der Waals surface area (Å²) in [5.41, 5.74) is 3.47. The van der Waals surface area contributed by atoms with Gasteiger partial charge in [-0.25, -0.2) is 4.98 Å². The third-order valence-corrected chi connectivity index (χ3v) is 4.30. The van der Waals surface area contributed by atoms with Gasteiger partial charge in [-0.3, -0.25) is 4.79 Å². The summed E-state index contributed by atoms with van der Waals surface area (Å²) in [5, 5.41) is 6.82. The fourth-order valence-corrected chi connectivity index (χ4v) is 2.84. The van der Waals surface area contributed by atoms with E-state index in [2.05, 4.69) is 20.4 Å². The fraction of sp³-hybridized carbons (Fsp3) is 0.250. The molecule has 0 aliphatic heterocycles. The Morgan fingerprint density at radius 2 is 2.13 bits per heavy atom. The average molecular weight is 328 g/mol. The summed E-state index contributed by atoms with van der Waals surface area (Å²) in [4.78, 5) is 21.2. The number of nitrogens with one attached hydrogen (secondary N) is 1. The zero-order chi connectivity index (χ0) is 16.2. The number of thiazole rings is 1. The highest BCUT2D eigenvalue weighted by molar-refractivity contribution is 7.11. The molecule has 0 saturated heterocycles. The third kappa shape index (κ3) is 3.62. The van der Waals surface area contributed by atoms with Crippen molar-refractivity contribution in [1.82, 2.24) is 20.4 Å². The number of amides is 1. The second-order valence-corrected chi connectivity index (χ2v) is 6.03. The van der Waals surface area contributed by atoms with Crippen LogP contribution in [0.15, 0.2) is 40.4 Å². The summed E-state index contributed by atoms with van der Waals surface area (Å²) in [6.07, 6.45) is 0.572. The summed E-state index contributed by atoms with van der Waals surface area (Å²) in [6.45, 7) is 3.63. The second kappa shape index (κ2) is 6.70. The van der Waals surface area contributed by atoms with Crippen molar-refractivity contribution in [3.8, 4) is 0 Å². The van der Waals surface area contributed by atoms with Crippen molar-refractivity contribution in [2.24, 2.45) is 0 Å². The number of carbonyl (C=O) groups excluding carboxylic acids is 1. The molecule has 0 radical (unpaired) electrons. The van der Waals surface area contributed by atoms with Crippen LogP contribution in [-0.4, -0.2) is 21.0 Å². The van der Waals surface area contributed by atoms with Gasteiger partial charge in [0, 0.05) is 0 Å². The van der Waals surface area contributed by atoms with E-state index in [0.29, 0.717) is 23.0 Å². The lowest BCUT2D eigenvalue weighted by atomic mass is 10.1. The molecule has 1 atom stereocenters. The smallest absolute Gasteiger partial charge is 0.263 e. The van der Waals surface area contributed by atoms with Crippen molar-refractivity contribution in [1.29, 1.82) is 0 Å². The second-order valence-electron chi connectivity index (χ2n) is 5.17. The molecule has 7 heteroatoms. The molecule has 2 heterocycles. The van der Waals surface area contributed by atoms with Crippen LogP contribution in [0.2, 0.25) is 0 Å². The topological polar surface area (TPSA) is 80.9 Å². The van der Waals surface area contributed by atoms with Gasteiger partial charge in [0.1, 0.15) is 4.88 Å². The highest BCUT2D eigenvalue weighted by Gasteiger charge is 2.19. The number of aromatic nitrogens is 3. The molecule has 3 rings (SSSR count). The summed E-state index contributed by atoms with van der Waals surface area (Å²) >= 11 is 1.31. The van der Waals surface area contributed by atoms with Crippen molar-refractivity contribution >= 4 is 17.2 Å². The van der Waals surface area contributed by atoms with Crippen LogP contribution in [0.1, 0.15) is 45.6 Å². The molecular weight excluding hydrogens is 312 g/mol. The first-order chi connectivity index (χ1) is 11.1. The van der Waals surface area contributed by atoms with Gasteiger partial charge in [0.15, 0.2) is 5.82 Å². The Kier molecular flexibility index (Phi) is 4.47. The van der Waals surface area contributed by atoms with Crippen molar-refractivity contribution in [2.75, 3.05) is 0 Å². The molecular formula is C16H16N4O2S. The molecule has 1 N–H and O–H groups in total. The van der Waals surface area contributed by atoms with E-state index in [4.69, 9.17) is 4.52 Å². The van der Waals surface area contributed by atoms with Crippen molar-refractivity contribution in [2.45, 2.75) is 26.3 Å². The average Bonchev–Trinajstić information content (AvgIpc) is 3.17. The van der Waals surface area contributed by atoms with Crippen LogP contribution in [0.3, 0.4) is 0 Å². The molecule has 1 amide bonds. The number of hydrogen-bond acceptors (Lipinski definition) is 6. The van der Waals surface area contributed by atoms with Gasteiger partial charge < -0.3 is 9.84 Å². The van der Waals surface area contributed by atoms with E-state index in [0.717, 1.165) is 11.3 Å². The maximum absolute atomic E-state index is 12.2. The van der Waals surface area contributed by atoms with E-state index in [9.17, 15) is 4.79 Å². The van der Waals surface area contributed by atoms with Crippen LogP contribution < -0.4 is 5.32 Å². The molecule has 2 aromatic heterocycles. The van der Waals surface area contributed by atoms with Crippen molar-refractivity contribution in [3.63, 3.8) is 0 Å². The molecule has 0 saturated carbocycles. The van der Waals surface area contributed by atoms with E-state index < -0.39 is 0 Å². The Morgan fingerprint density at radius 1 is 1.35 bits per heavy atom. The van der Waals surface area contributed by atoms with Crippen LogP contribution in [0.25, 0.3) is 0 Å². The predicted molar refractivity (Wildman–Crippen MR) is 86.3 cm³/mol. The predicted octanol–water partition coefficient (Wildman–Crippen LogP) is 2.92. The lowest BCUT2D eigenvalue weighted by molar-refractivity contribution is 0.0941. The molecule has 3 aromatic rings. The number of carbonyl (C=O) groups is 1. The van der Waals surface area contributed by atoms with Gasteiger partial charge in [-0.1, -0.05) is 35.5 Å². The van der Waals surface area contributed by atoms with Crippen molar-refractivity contribution in [3.05, 3.63) is 63.7 Å². The van der Waals surface area contributed by atoms with Crippen LogP contribution in [0.4, 0.5) is 0 Å². The maximum atomic E-state index is 12.2. The van der Waals surface area contributed by atoms with Gasteiger partial charge in [-0.2, -0.15) is 4.98 Å². The zero-order valence-electron chi connectivity index (χ0n) is 12.8. The van der Waals surface area contributed by atoms with E-state index in [-0.39, 0.29) is 11.9 Å². The maximum Gasteiger partial charge on any atom is 0.263 e. The minimum Gasteiger partial charge on any atom is -0.341 e. The molecule has 0 aliphatic carbocycles. The van der Waals surface area contributed by atoms with Crippen molar-refractivity contribution < 1.29 is 9.32 Å². The lowest BCUT2D eigenvalue weighted by Crippen LogP contribution is -2.27. The van der Waals surface area contributed by atoms with Gasteiger partial charge in [0.2, 0.25) is 5.89 Å². The summed E-state index contributed by atoms with van der Waals surface area (Å²) in [5.74, 6) is 0.819. The molecule has 0 bridgehead atoms. The van der Waals surface area contributed by atoms with E-state index in [1.165, 1.54) is 11.3 Å². The normalized spacial score (nSPS) is 12.1. The van der Waals surface area contributed by atoms with Crippen LogP contribution in [0, 0.1) is 6.92 Å². The van der Waals surface area contributed by atoms with Gasteiger partial charge in [0.25, 0.3) is 5.91 Å². The monoisotopic (exact) mass is 328 g/mol. The van der Waals surface area contributed by atoms with Gasteiger partial charge in [-0.15, -0.1) is 11.3 Å². The van der Waals surface area contributed by atoms with Gasteiger partial charge in [-0.05, 0) is 19.4 Å². The lowest BCUT2D eigenvalue weighted by Gasteiger charge is -2.08. The summed E-state index contributed by atoms with van der Waals surface area (Å²) < 4.78 is 5.26. The number of benzene rings is 1. The third-order valence-electron chi connectivity index (χ3n) is 3.37. The van der Waals surface area contributed by atoms with E-state index >= 15 is 0 Å². The number of hydrogen-bond donors (Lipinski definition) is 1. The standard InChI is InChI=1S/C16H16N4O2S/c1-10-14(23-9-17-10)16(21)18-11(2)15-19-13(22-20-15)8-12-6-4-3-5-7-12/h3-7,9,11H,8H2,1-2H3,(H,18,21). The molecule has 23 heavy (non-hydrogen) atoms. The SMILES string of the molecule is Cc1ncsc1C(=O)NC(C)c1noc(Cc2ccccc2)n1. The Morgan fingerprint density at radius 3 is 2.83 bits per heavy atom. The quantitative estimate of drug-likeness (QED) is 0.779. The molecule has 0 aliphatic rings. The van der Waals surface area contributed by atoms with Gasteiger partial charge in [0.05, 0.1) is 23.7 Å². The first-order valence-electron chi connectivity index (χ1n) is 7.21. The minimum atomic E-state index is -0.336. The molecule has 0 spiro atoms. The number of aryl methyl sites for hydroxylation is 1. The van der Waals surface area contributed by atoms with Crippen LogP contribution >= 0.6 is 11.3 Å². The highest BCUT2D eigenvalue weighted by atomic mass is 32.1. The largest absolute Gasteiger partial charge is 0.341 e. The van der Waals surface area contributed by atoms with E-state index in [1.54, 1.807) is 5.51 Å². The minimum absolute atomic E-state index is 0.174. The van der Waals surface area contributed by atoms with Crippen LogP contribution in [-0.2, 0) is 6.42 Å². The Hall–Kier alpha value is -2.54. The number of nitrogens with zero attached hydrogens (tertiary/aromatic N) is 3. The number of rotatable bonds is 5. The Labute approximate surface area is 137 Å². The zero-order valence-corrected chi connectivity index (χ0v) is 13.6. The summed E-state index contributed by atoms with van der Waals surface area (Å²) in [6, 6.07) is 9.56. The Bertz CT molecular complexity index is 797. The molecule has 6 nitrogen and oxygen atoms in total. The molecule has 1 aromatic carbocycles.